The maximum atomic E-state index is 11.5. The maximum Gasteiger partial charge on any atom is 0.245 e. The van der Waals surface area contributed by atoms with E-state index in [1.54, 1.807) is 0 Å². The normalized spacial score (nSPS) is 12.1. The monoisotopic (exact) mass is 336 g/mol. The van der Waals surface area contributed by atoms with Crippen molar-refractivity contribution in [2.45, 2.75) is 25.3 Å². The quantitative estimate of drug-likeness (QED) is 0.190. The van der Waals surface area contributed by atoms with Gasteiger partial charge in [-0.15, -0.1) is 0 Å². The summed E-state index contributed by atoms with van der Waals surface area (Å²) in [6.45, 7) is 2.85. The largest absolute Gasteiger partial charge is 0.378 e. The van der Waals surface area contributed by atoms with Crippen LogP contribution in [0.25, 0.3) is 0 Å². The summed E-state index contributed by atoms with van der Waals surface area (Å²) in [4.78, 5) is 22.4. The molecule has 0 aromatic rings. The van der Waals surface area contributed by atoms with Gasteiger partial charge in [-0.1, -0.05) is 12.8 Å². The van der Waals surface area contributed by atoms with Crippen LogP contribution in [0.15, 0.2) is 0 Å². The summed E-state index contributed by atoms with van der Waals surface area (Å²) in [5.74, 6) is -0.585. The summed E-state index contributed by atoms with van der Waals surface area (Å²) >= 11 is 3.84. The first-order valence-corrected chi connectivity index (χ1v) is 7.82. The fourth-order valence-corrected chi connectivity index (χ4v) is 1.84. The van der Waals surface area contributed by atoms with Crippen LogP contribution in [0.5, 0.6) is 0 Å². The first-order chi connectivity index (χ1) is 10.6. The van der Waals surface area contributed by atoms with Gasteiger partial charge in [0.2, 0.25) is 11.8 Å². The van der Waals surface area contributed by atoms with Gasteiger partial charge in [-0.05, 0) is 26.3 Å². The number of amides is 2. The summed E-state index contributed by atoms with van der Waals surface area (Å²) in [6.07, 6.45) is 2.12. The van der Waals surface area contributed by atoms with Gasteiger partial charge >= 0.3 is 0 Å². The van der Waals surface area contributed by atoms with E-state index in [1.807, 2.05) is 7.05 Å². The molecule has 8 nitrogen and oxygen atoms in total. The second-order valence-electron chi connectivity index (χ2n) is 4.70. The molecule has 2 amide bonds. The average Bonchev–Trinajstić information content (AvgIpc) is 2.49. The molecule has 0 spiro atoms. The number of carbonyl (C=O) groups excluding carboxylic acids is 2. The Labute approximate surface area is 137 Å². The number of primary amides is 1. The van der Waals surface area contributed by atoms with E-state index >= 15 is 0 Å². The maximum absolute atomic E-state index is 11.5. The zero-order chi connectivity index (χ0) is 16.6. The van der Waals surface area contributed by atoms with Crippen LogP contribution in [-0.4, -0.2) is 64.4 Å². The summed E-state index contributed by atoms with van der Waals surface area (Å²) in [5.41, 5.74) is 5.17. The highest BCUT2D eigenvalue weighted by Crippen LogP contribution is 2.00. The molecule has 0 radical (unpaired) electrons. The standard InChI is InChI=1S/C13H28N4O4S/c1-15-6-7-20-8-9-21-10-12(18)16-5-3-2-4-11(17-22)13(14)19/h11,15,17,22H,2-10H2,1H3,(H2,14,19)(H,16,18). The Balaban J connectivity index is 3.37. The van der Waals surface area contributed by atoms with E-state index in [4.69, 9.17) is 15.2 Å². The molecular formula is C13H28N4O4S. The Kier molecular flexibility index (Phi) is 14.4. The molecule has 5 N–H and O–H groups in total. The lowest BCUT2D eigenvalue weighted by atomic mass is 10.1. The molecule has 1 unspecified atom stereocenters. The summed E-state index contributed by atoms with van der Waals surface area (Å²) < 4.78 is 13.0. The van der Waals surface area contributed by atoms with Crippen molar-refractivity contribution in [3.8, 4) is 0 Å². The van der Waals surface area contributed by atoms with Gasteiger partial charge in [-0.2, -0.15) is 0 Å². The first kappa shape index (κ1) is 21.1. The van der Waals surface area contributed by atoms with E-state index in [1.165, 1.54) is 0 Å². The molecule has 0 heterocycles. The molecule has 0 aliphatic carbocycles. The predicted molar refractivity (Wildman–Crippen MR) is 87.5 cm³/mol. The van der Waals surface area contributed by atoms with Gasteiger partial charge in [-0.25, -0.2) is 0 Å². The molecule has 0 saturated carbocycles. The number of hydrogen-bond acceptors (Lipinski definition) is 7. The fourth-order valence-electron chi connectivity index (χ4n) is 1.58. The topological polar surface area (TPSA) is 115 Å². The van der Waals surface area contributed by atoms with Crippen molar-refractivity contribution in [1.82, 2.24) is 15.4 Å². The third-order valence-electron chi connectivity index (χ3n) is 2.84. The van der Waals surface area contributed by atoms with Crippen LogP contribution in [-0.2, 0) is 19.1 Å². The van der Waals surface area contributed by atoms with Crippen LogP contribution in [0, 0.1) is 0 Å². The SMILES string of the molecule is CNCCOCCOCC(=O)NCCCCC(NS)C(N)=O. The minimum atomic E-state index is -0.440. The van der Waals surface area contributed by atoms with Gasteiger partial charge in [0, 0.05) is 13.1 Å². The van der Waals surface area contributed by atoms with Crippen LogP contribution >= 0.6 is 12.8 Å². The number of nitrogens with one attached hydrogen (secondary N) is 3. The second-order valence-corrected chi connectivity index (χ2v) is 4.96. The molecule has 0 bridgehead atoms. The smallest absolute Gasteiger partial charge is 0.245 e. The van der Waals surface area contributed by atoms with Crippen LogP contribution in [0.1, 0.15) is 19.3 Å². The van der Waals surface area contributed by atoms with Crippen LogP contribution in [0.4, 0.5) is 0 Å². The third kappa shape index (κ3) is 12.8. The Hall–Kier alpha value is -0.870. The van der Waals surface area contributed by atoms with E-state index in [2.05, 4.69) is 28.2 Å². The molecule has 0 aromatic carbocycles. The zero-order valence-corrected chi connectivity index (χ0v) is 14.0. The Morgan fingerprint density at radius 2 is 1.86 bits per heavy atom. The van der Waals surface area contributed by atoms with Crippen molar-refractivity contribution in [3.05, 3.63) is 0 Å². The number of rotatable bonds is 15. The van der Waals surface area contributed by atoms with Gasteiger partial charge in [-0.3, -0.25) is 14.3 Å². The lowest BCUT2D eigenvalue weighted by Crippen LogP contribution is -2.36. The van der Waals surface area contributed by atoms with Crippen LogP contribution < -0.4 is 21.1 Å². The van der Waals surface area contributed by atoms with Gasteiger partial charge in [0.05, 0.1) is 25.9 Å². The van der Waals surface area contributed by atoms with Crippen molar-refractivity contribution < 1.29 is 19.1 Å². The molecule has 0 rings (SSSR count). The highest BCUT2D eigenvalue weighted by Gasteiger charge is 2.11. The van der Waals surface area contributed by atoms with Crippen molar-refractivity contribution in [2.24, 2.45) is 5.73 Å². The highest BCUT2D eigenvalue weighted by atomic mass is 32.1. The van der Waals surface area contributed by atoms with Gasteiger partial charge < -0.3 is 25.8 Å². The molecule has 0 aromatic heterocycles. The van der Waals surface area contributed by atoms with Gasteiger partial charge in [0.1, 0.15) is 6.61 Å². The number of nitrogens with two attached hydrogens (primary N) is 1. The number of likely N-dealkylation sites (N-methyl/N-ethyl adjacent to an activating group) is 1. The fraction of sp³-hybridized carbons (Fsp3) is 0.846. The Bertz CT molecular complexity index is 308. The lowest BCUT2D eigenvalue weighted by molar-refractivity contribution is -0.126. The summed E-state index contributed by atoms with van der Waals surface area (Å²) in [6, 6.07) is -0.440. The zero-order valence-electron chi connectivity index (χ0n) is 13.1. The summed E-state index contributed by atoms with van der Waals surface area (Å²) in [5, 5.41) is 5.71. The third-order valence-corrected chi connectivity index (χ3v) is 3.15. The number of thiol groups is 1. The van der Waals surface area contributed by atoms with E-state index < -0.39 is 11.9 Å². The molecule has 0 aliphatic heterocycles. The van der Waals surface area contributed by atoms with E-state index in [-0.39, 0.29) is 12.5 Å². The molecule has 0 fully saturated rings. The Morgan fingerprint density at radius 1 is 1.14 bits per heavy atom. The minimum Gasteiger partial charge on any atom is -0.378 e. The molecule has 0 saturated heterocycles. The van der Waals surface area contributed by atoms with Gasteiger partial charge in [0.15, 0.2) is 0 Å². The van der Waals surface area contributed by atoms with E-state index in [9.17, 15) is 9.59 Å². The molecule has 0 aliphatic rings. The van der Waals surface area contributed by atoms with E-state index in [0.717, 1.165) is 19.4 Å². The molecule has 130 valence electrons. The Morgan fingerprint density at radius 3 is 2.50 bits per heavy atom. The number of unbranched alkanes of at least 4 members (excludes halogenated alkanes) is 1. The van der Waals surface area contributed by atoms with Crippen molar-refractivity contribution >= 4 is 24.6 Å². The first-order valence-electron chi connectivity index (χ1n) is 7.37. The van der Waals surface area contributed by atoms with E-state index in [0.29, 0.717) is 32.8 Å². The number of ether oxygens (including phenoxy) is 2. The average molecular weight is 336 g/mol. The molecule has 1 atom stereocenters. The highest BCUT2D eigenvalue weighted by molar-refractivity contribution is 7.78. The molecule has 9 heteroatoms. The van der Waals surface area contributed by atoms with Crippen molar-refractivity contribution in [3.63, 3.8) is 0 Å². The van der Waals surface area contributed by atoms with Crippen LogP contribution in [0.3, 0.4) is 0 Å². The van der Waals surface area contributed by atoms with Gasteiger partial charge in [0.25, 0.3) is 0 Å². The lowest BCUT2D eigenvalue weighted by Gasteiger charge is -2.11. The number of hydrogen-bond donors (Lipinski definition) is 5. The van der Waals surface area contributed by atoms with Crippen molar-refractivity contribution in [1.29, 1.82) is 0 Å². The summed E-state index contributed by atoms with van der Waals surface area (Å²) in [7, 11) is 1.85. The molecule has 22 heavy (non-hydrogen) atoms. The van der Waals surface area contributed by atoms with Crippen LogP contribution in [0.2, 0.25) is 0 Å². The number of carbonyl (C=O) groups is 2. The second kappa shape index (κ2) is 15.0. The molecular weight excluding hydrogens is 308 g/mol. The van der Waals surface area contributed by atoms with Crippen molar-refractivity contribution in [2.75, 3.05) is 46.6 Å². The predicted octanol–water partition coefficient (Wildman–Crippen LogP) is -1.19. The minimum absolute atomic E-state index is 0.0253.